The molecule has 0 radical (unpaired) electrons. The summed E-state index contributed by atoms with van der Waals surface area (Å²) >= 11 is 6.19. The summed E-state index contributed by atoms with van der Waals surface area (Å²) in [5, 5.41) is 9.94. The summed E-state index contributed by atoms with van der Waals surface area (Å²) in [6, 6.07) is 33.9. The Bertz CT molecular complexity index is 1370. The number of benzene rings is 4. The summed E-state index contributed by atoms with van der Waals surface area (Å²) in [7, 11) is 0. The highest BCUT2D eigenvalue weighted by Gasteiger charge is 2.18. The molecule has 1 unspecified atom stereocenters. The average Bonchev–Trinajstić information content (AvgIpc) is 3.02. The summed E-state index contributed by atoms with van der Waals surface area (Å²) in [5.41, 5.74) is 6.08. The monoisotopic (exact) mass is 583 g/mol. The lowest BCUT2D eigenvalue weighted by Crippen LogP contribution is -2.30. The number of aldehydes is 1. The molecule has 0 amide bonds. The maximum absolute atomic E-state index is 11.3. The van der Waals surface area contributed by atoms with Gasteiger partial charge in [0.25, 0.3) is 0 Å². The van der Waals surface area contributed by atoms with Crippen LogP contribution in [0.5, 0.6) is 0 Å². The first-order valence-corrected chi connectivity index (χ1v) is 14.8. The molecule has 0 spiro atoms. The minimum atomic E-state index is -0.937. The van der Waals surface area contributed by atoms with E-state index < -0.39 is 5.97 Å². The molecule has 0 bridgehead atoms. The van der Waals surface area contributed by atoms with Gasteiger partial charge in [0.15, 0.2) is 0 Å². The van der Waals surface area contributed by atoms with E-state index in [4.69, 9.17) is 16.3 Å². The Morgan fingerprint density at radius 1 is 0.786 bits per heavy atom. The number of aryl methyl sites for hydroxylation is 2. The lowest BCUT2D eigenvalue weighted by atomic mass is 10.0. The summed E-state index contributed by atoms with van der Waals surface area (Å²) in [6.45, 7) is 2.54. The molecular formula is C36H38ClNO4. The Hall–Kier alpha value is -3.77. The van der Waals surface area contributed by atoms with Gasteiger partial charge in [0.2, 0.25) is 0 Å². The third-order valence-electron chi connectivity index (χ3n) is 7.34. The molecule has 0 saturated carbocycles. The molecule has 218 valence electrons. The topological polar surface area (TPSA) is 66.8 Å². The molecule has 0 aliphatic rings. The van der Waals surface area contributed by atoms with Gasteiger partial charge in [-0.25, -0.2) is 4.79 Å². The minimum absolute atomic E-state index is 0.204. The van der Waals surface area contributed by atoms with Crippen LogP contribution in [-0.4, -0.2) is 35.4 Å². The molecular weight excluding hydrogens is 546 g/mol. The van der Waals surface area contributed by atoms with E-state index >= 15 is 0 Å². The Balaban J connectivity index is 1.44. The van der Waals surface area contributed by atoms with Gasteiger partial charge in [0.05, 0.1) is 18.3 Å². The van der Waals surface area contributed by atoms with Crippen LogP contribution in [0.25, 0.3) is 0 Å². The van der Waals surface area contributed by atoms with E-state index in [-0.39, 0.29) is 11.7 Å². The maximum atomic E-state index is 11.3. The summed E-state index contributed by atoms with van der Waals surface area (Å²) in [4.78, 5) is 24.5. The zero-order valence-corrected chi connectivity index (χ0v) is 24.6. The van der Waals surface area contributed by atoms with Crippen LogP contribution in [-0.2, 0) is 35.5 Å². The molecule has 42 heavy (non-hydrogen) atoms. The molecule has 4 aromatic rings. The van der Waals surface area contributed by atoms with Gasteiger partial charge in [-0.15, -0.1) is 0 Å². The number of carboxylic acid groups (broad SMARTS) is 1. The van der Waals surface area contributed by atoms with Crippen LogP contribution in [0.1, 0.15) is 63.5 Å². The van der Waals surface area contributed by atoms with Crippen molar-refractivity contribution in [3.05, 3.63) is 142 Å². The highest BCUT2D eigenvalue weighted by Crippen LogP contribution is 2.24. The van der Waals surface area contributed by atoms with Crippen LogP contribution in [0.4, 0.5) is 0 Å². The molecule has 0 saturated heterocycles. The van der Waals surface area contributed by atoms with Gasteiger partial charge >= 0.3 is 5.97 Å². The number of rotatable bonds is 17. The first-order chi connectivity index (χ1) is 20.5. The van der Waals surface area contributed by atoms with Crippen molar-refractivity contribution in [1.82, 2.24) is 4.90 Å². The van der Waals surface area contributed by atoms with Gasteiger partial charge in [0, 0.05) is 24.5 Å². The predicted octanol–water partition coefficient (Wildman–Crippen LogP) is 7.95. The van der Waals surface area contributed by atoms with Crippen LogP contribution in [0.2, 0.25) is 5.02 Å². The maximum Gasteiger partial charge on any atom is 0.335 e. The third-order valence-corrected chi connectivity index (χ3v) is 7.59. The number of halogens is 1. The van der Waals surface area contributed by atoms with E-state index in [9.17, 15) is 14.7 Å². The normalized spacial score (nSPS) is 11.9. The van der Waals surface area contributed by atoms with Gasteiger partial charge in [-0.2, -0.15) is 0 Å². The van der Waals surface area contributed by atoms with Crippen LogP contribution >= 0.6 is 11.6 Å². The smallest absolute Gasteiger partial charge is 0.335 e. The molecule has 0 heterocycles. The largest absolute Gasteiger partial charge is 0.478 e. The van der Waals surface area contributed by atoms with E-state index in [0.29, 0.717) is 31.1 Å². The Morgan fingerprint density at radius 2 is 1.40 bits per heavy atom. The molecule has 0 aromatic heterocycles. The Kier molecular flexibility index (Phi) is 12.3. The van der Waals surface area contributed by atoms with Crippen molar-refractivity contribution in [3.63, 3.8) is 0 Å². The fraction of sp³-hybridized carbons (Fsp3) is 0.278. The van der Waals surface area contributed by atoms with Gasteiger partial charge in [0.1, 0.15) is 6.29 Å². The molecule has 5 nitrogen and oxygen atoms in total. The van der Waals surface area contributed by atoms with E-state index in [1.165, 1.54) is 11.1 Å². The first-order valence-electron chi connectivity index (χ1n) is 14.5. The number of ether oxygens (including phenoxy) is 1. The van der Waals surface area contributed by atoms with E-state index in [0.717, 1.165) is 55.2 Å². The fourth-order valence-corrected chi connectivity index (χ4v) is 5.03. The van der Waals surface area contributed by atoms with Crippen LogP contribution in [0, 0.1) is 0 Å². The van der Waals surface area contributed by atoms with Crippen molar-refractivity contribution in [2.75, 3.05) is 13.1 Å². The van der Waals surface area contributed by atoms with Gasteiger partial charge in [-0.3, -0.25) is 4.90 Å². The Labute approximate surface area is 253 Å². The highest BCUT2D eigenvalue weighted by molar-refractivity contribution is 6.30. The number of hydrogen-bond donors (Lipinski definition) is 1. The fourth-order valence-electron chi connectivity index (χ4n) is 4.91. The lowest BCUT2D eigenvalue weighted by molar-refractivity contribution is -0.107. The lowest BCUT2D eigenvalue weighted by Gasteiger charge is -2.28. The highest BCUT2D eigenvalue weighted by atomic mass is 35.5. The van der Waals surface area contributed by atoms with Crippen molar-refractivity contribution in [2.45, 2.75) is 51.4 Å². The predicted molar refractivity (Wildman–Crippen MR) is 168 cm³/mol. The van der Waals surface area contributed by atoms with Crippen molar-refractivity contribution < 1.29 is 19.4 Å². The second-order valence-electron chi connectivity index (χ2n) is 10.6. The zero-order valence-electron chi connectivity index (χ0n) is 23.8. The van der Waals surface area contributed by atoms with Gasteiger partial charge in [-0.05, 0) is 84.3 Å². The van der Waals surface area contributed by atoms with Crippen molar-refractivity contribution in [3.8, 4) is 0 Å². The minimum Gasteiger partial charge on any atom is -0.478 e. The van der Waals surface area contributed by atoms with E-state index in [2.05, 4.69) is 53.4 Å². The standard InChI is InChI=1S/C36H38ClNO4/c37-34-21-19-32(20-22-34)35(42-27-31-13-11-29(12-14-31)10-9-28-7-3-1-4-8-28)26-38(23-5-2-6-24-39)25-30-15-17-33(18-16-30)36(40)41/h1,3-4,7-8,11-22,24,35H,2,5-6,9-10,23,25-27H2,(H,40,41). The van der Waals surface area contributed by atoms with E-state index in [1.807, 2.05) is 42.5 Å². The number of hydrogen-bond acceptors (Lipinski definition) is 4. The molecule has 1 N–H and O–H groups in total. The van der Waals surface area contributed by atoms with E-state index in [1.54, 1.807) is 12.1 Å². The molecule has 4 rings (SSSR count). The van der Waals surface area contributed by atoms with Crippen LogP contribution < -0.4 is 0 Å². The van der Waals surface area contributed by atoms with Crippen molar-refractivity contribution >= 4 is 23.9 Å². The molecule has 0 fully saturated rings. The number of unbranched alkanes of at least 4 members (excludes halogenated alkanes) is 2. The van der Waals surface area contributed by atoms with Crippen molar-refractivity contribution in [2.24, 2.45) is 0 Å². The second kappa shape index (κ2) is 16.6. The molecule has 0 aliphatic carbocycles. The number of nitrogens with zero attached hydrogens (tertiary/aromatic N) is 1. The molecule has 6 heteroatoms. The summed E-state index contributed by atoms with van der Waals surface area (Å²) in [6.07, 6.45) is 5.00. The number of carbonyl (C=O) groups is 2. The quantitative estimate of drug-likeness (QED) is 0.101. The number of carbonyl (C=O) groups excluding carboxylic acids is 1. The van der Waals surface area contributed by atoms with Gasteiger partial charge in [-0.1, -0.05) is 90.5 Å². The third kappa shape index (κ3) is 10.3. The molecule has 1 atom stereocenters. The Morgan fingerprint density at radius 3 is 2.05 bits per heavy atom. The SMILES string of the molecule is O=CCCCCN(Cc1ccc(C(=O)O)cc1)CC(OCc1ccc(CCc2ccccc2)cc1)c1ccc(Cl)cc1. The summed E-state index contributed by atoms with van der Waals surface area (Å²) < 4.78 is 6.55. The average molecular weight is 584 g/mol. The molecule has 4 aromatic carbocycles. The zero-order chi connectivity index (χ0) is 29.6. The van der Waals surface area contributed by atoms with Crippen LogP contribution in [0.15, 0.2) is 103 Å². The number of carboxylic acids is 1. The van der Waals surface area contributed by atoms with Crippen molar-refractivity contribution in [1.29, 1.82) is 0 Å². The number of aromatic carboxylic acids is 1. The van der Waals surface area contributed by atoms with Gasteiger partial charge < -0.3 is 14.6 Å². The van der Waals surface area contributed by atoms with Crippen LogP contribution in [0.3, 0.4) is 0 Å². The molecule has 0 aliphatic heterocycles. The summed E-state index contributed by atoms with van der Waals surface area (Å²) in [5.74, 6) is -0.937. The first kappa shape index (κ1) is 31.2. The second-order valence-corrected chi connectivity index (χ2v) is 11.0.